The van der Waals surface area contributed by atoms with Gasteiger partial charge in [-0.1, -0.05) is 50.1 Å². The Labute approximate surface area is 129 Å². The van der Waals surface area contributed by atoms with Crippen LogP contribution in [-0.2, 0) is 0 Å². The van der Waals surface area contributed by atoms with Gasteiger partial charge in [-0.2, -0.15) is 0 Å². The summed E-state index contributed by atoms with van der Waals surface area (Å²) in [6, 6.07) is 9.75. The molecule has 0 saturated heterocycles. The monoisotopic (exact) mass is 438 g/mol. The lowest BCUT2D eigenvalue weighted by Crippen LogP contribution is -1.99. The van der Waals surface area contributed by atoms with Gasteiger partial charge in [-0.05, 0) is 39.7 Å². The minimum Gasteiger partial charge on any atom is -0.207 e. The molecular weight excluding hydrogens is 434 g/mol. The van der Waals surface area contributed by atoms with E-state index in [1.807, 2.05) is 24.3 Å². The maximum atomic E-state index is 13.9. The van der Waals surface area contributed by atoms with Gasteiger partial charge in [-0.25, -0.2) is 8.78 Å². The van der Waals surface area contributed by atoms with E-state index in [1.54, 1.807) is 0 Å². The standard InChI is InChI=1S/C13H7Br3F2/c14-9-4-2-1-3-7(9)13(16)8-5-12(18)10(15)6-11(8)17/h1-6,13H. The Morgan fingerprint density at radius 3 is 2.17 bits per heavy atom. The van der Waals surface area contributed by atoms with Crippen molar-refractivity contribution in [1.82, 2.24) is 0 Å². The van der Waals surface area contributed by atoms with Crippen molar-refractivity contribution < 1.29 is 8.78 Å². The maximum absolute atomic E-state index is 13.9. The second-order valence-corrected chi connectivity index (χ2v) is 6.30. The molecule has 0 bridgehead atoms. The highest BCUT2D eigenvalue weighted by Gasteiger charge is 2.19. The summed E-state index contributed by atoms with van der Waals surface area (Å²) in [6.45, 7) is 0. The van der Waals surface area contributed by atoms with Crippen molar-refractivity contribution in [2.75, 3.05) is 0 Å². The third-order valence-electron chi connectivity index (χ3n) is 2.49. The average molecular weight is 441 g/mol. The first kappa shape index (κ1) is 14.2. The first-order chi connectivity index (χ1) is 8.50. The van der Waals surface area contributed by atoms with Crippen LogP contribution in [0.1, 0.15) is 16.0 Å². The number of hydrogen-bond donors (Lipinski definition) is 0. The average Bonchev–Trinajstić information content (AvgIpc) is 2.33. The molecule has 0 spiro atoms. The van der Waals surface area contributed by atoms with Gasteiger partial charge in [-0.15, -0.1) is 0 Å². The van der Waals surface area contributed by atoms with Crippen LogP contribution in [0.15, 0.2) is 45.3 Å². The normalized spacial score (nSPS) is 12.5. The number of halogens is 5. The lowest BCUT2D eigenvalue weighted by atomic mass is 10.0. The van der Waals surface area contributed by atoms with Gasteiger partial charge in [0.05, 0.1) is 9.30 Å². The second-order valence-electron chi connectivity index (χ2n) is 3.67. The van der Waals surface area contributed by atoms with Gasteiger partial charge in [0.1, 0.15) is 11.6 Å². The summed E-state index contributed by atoms with van der Waals surface area (Å²) in [4.78, 5) is -0.407. The fourth-order valence-corrected chi connectivity index (χ4v) is 3.47. The Morgan fingerprint density at radius 1 is 0.833 bits per heavy atom. The third kappa shape index (κ3) is 2.83. The first-order valence-electron chi connectivity index (χ1n) is 5.03. The zero-order valence-electron chi connectivity index (χ0n) is 8.93. The van der Waals surface area contributed by atoms with E-state index in [2.05, 4.69) is 47.8 Å². The molecule has 2 aromatic rings. The first-order valence-corrected chi connectivity index (χ1v) is 7.54. The molecule has 0 N–H and O–H groups in total. The molecule has 2 aromatic carbocycles. The topological polar surface area (TPSA) is 0 Å². The zero-order valence-corrected chi connectivity index (χ0v) is 13.7. The van der Waals surface area contributed by atoms with Crippen LogP contribution in [-0.4, -0.2) is 0 Å². The molecule has 0 saturated carbocycles. The quantitative estimate of drug-likeness (QED) is 0.398. The minimum absolute atomic E-state index is 0.121. The van der Waals surface area contributed by atoms with Gasteiger partial charge in [0.25, 0.3) is 0 Å². The molecule has 18 heavy (non-hydrogen) atoms. The van der Waals surface area contributed by atoms with Crippen LogP contribution >= 0.6 is 47.8 Å². The van der Waals surface area contributed by atoms with Crippen molar-refractivity contribution in [1.29, 1.82) is 0 Å². The molecule has 0 aliphatic heterocycles. The molecule has 5 heteroatoms. The van der Waals surface area contributed by atoms with Gasteiger partial charge >= 0.3 is 0 Å². The molecule has 0 nitrogen and oxygen atoms in total. The molecule has 94 valence electrons. The van der Waals surface area contributed by atoms with Crippen molar-refractivity contribution in [2.45, 2.75) is 4.83 Å². The van der Waals surface area contributed by atoms with Crippen LogP contribution in [0.25, 0.3) is 0 Å². The summed E-state index contributed by atoms with van der Waals surface area (Å²) in [5.74, 6) is -0.941. The Morgan fingerprint density at radius 2 is 1.50 bits per heavy atom. The van der Waals surface area contributed by atoms with E-state index in [9.17, 15) is 8.78 Å². The van der Waals surface area contributed by atoms with E-state index >= 15 is 0 Å². The molecule has 0 aliphatic rings. The van der Waals surface area contributed by atoms with Crippen LogP contribution in [0.2, 0.25) is 0 Å². The Bertz CT molecular complexity index is 584. The van der Waals surface area contributed by atoms with Crippen LogP contribution in [0.3, 0.4) is 0 Å². The predicted molar refractivity (Wildman–Crippen MR) is 79.0 cm³/mol. The van der Waals surface area contributed by atoms with Gasteiger partial charge in [0.15, 0.2) is 0 Å². The van der Waals surface area contributed by atoms with Crippen molar-refractivity contribution in [3.63, 3.8) is 0 Å². The summed E-state index contributed by atoms with van der Waals surface area (Å²) >= 11 is 9.76. The molecule has 0 fully saturated rings. The van der Waals surface area contributed by atoms with Gasteiger partial charge < -0.3 is 0 Å². The Hall–Kier alpha value is -0.260. The molecule has 0 aliphatic carbocycles. The van der Waals surface area contributed by atoms with E-state index in [0.29, 0.717) is 0 Å². The molecule has 1 atom stereocenters. The molecule has 0 heterocycles. The molecule has 1 unspecified atom stereocenters. The largest absolute Gasteiger partial charge is 0.207 e. The van der Waals surface area contributed by atoms with E-state index in [1.165, 1.54) is 6.07 Å². The summed E-state index contributed by atoms with van der Waals surface area (Å²) in [6.07, 6.45) is 0. The highest BCUT2D eigenvalue weighted by atomic mass is 79.9. The number of rotatable bonds is 2. The van der Waals surface area contributed by atoms with Gasteiger partial charge in [-0.3, -0.25) is 0 Å². The third-order valence-corrected chi connectivity index (χ3v) is 4.81. The van der Waals surface area contributed by atoms with E-state index < -0.39 is 16.5 Å². The van der Waals surface area contributed by atoms with E-state index in [0.717, 1.165) is 16.1 Å². The molecule has 2 rings (SSSR count). The number of alkyl halides is 1. The van der Waals surface area contributed by atoms with Crippen molar-refractivity contribution in [3.8, 4) is 0 Å². The highest BCUT2D eigenvalue weighted by molar-refractivity contribution is 9.11. The predicted octanol–water partition coefficient (Wildman–Crippen LogP) is 5.97. The SMILES string of the molecule is Fc1cc(C(Br)c2ccccc2Br)c(F)cc1Br. The number of benzene rings is 2. The fourth-order valence-electron chi connectivity index (χ4n) is 1.58. The van der Waals surface area contributed by atoms with Crippen molar-refractivity contribution in [3.05, 3.63) is 68.1 Å². The van der Waals surface area contributed by atoms with Crippen molar-refractivity contribution in [2.24, 2.45) is 0 Å². The van der Waals surface area contributed by atoms with E-state index in [4.69, 9.17) is 0 Å². The zero-order chi connectivity index (χ0) is 13.3. The summed E-state index contributed by atoms with van der Waals surface area (Å²) < 4.78 is 28.3. The Balaban J connectivity index is 2.50. The fraction of sp³-hybridized carbons (Fsp3) is 0.0769. The smallest absolute Gasteiger partial charge is 0.137 e. The van der Waals surface area contributed by atoms with Crippen molar-refractivity contribution >= 4 is 47.8 Å². The van der Waals surface area contributed by atoms with Crippen LogP contribution in [0.4, 0.5) is 8.78 Å². The maximum Gasteiger partial charge on any atom is 0.137 e. The van der Waals surface area contributed by atoms with Gasteiger partial charge in [0, 0.05) is 10.0 Å². The van der Waals surface area contributed by atoms with Gasteiger partial charge in [0.2, 0.25) is 0 Å². The minimum atomic E-state index is -0.483. The molecule has 0 radical (unpaired) electrons. The molecular formula is C13H7Br3F2. The highest BCUT2D eigenvalue weighted by Crippen LogP contribution is 2.37. The molecule has 0 amide bonds. The second kappa shape index (κ2) is 5.80. The Kier molecular flexibility index (Phi) is 4.56. The summed E-state index contributed by atoms with van der Waals surface area (Å²) in [5.41, 5.74) is 1.11. The van der Waals surface area contributed by atoms with Crippen LogP contribution in [0, 0.1) is 11.6 Å². The lowest BCUT2D eigenvalue weighted by Gasteiger charge is -2.14. The summed E-state index contributed by atoms with van der Waals surface area (Å²) in [7, 11) is 0. The lowest BCUT2D eigenvalue weighted by molar-refractivity contribution is 0.583. The number of hydrogen-bond acceptors (Lipinski definition) is 0. The van der Waals surface area contributed by atoms with E-state index in [-0.39, 0.29) is 10.0 Å². The van der Waals surface area contributed by atoms with Crippen LogP contribution in [0.5, 0.6) is 0 Å². The molecule has 0 aromatic heterocycles. The van der Waals surface area contributed by atoms with Crippen LogP contribution < -0.4 is 0 Å². The summed E-state index contributed by atoms with van der Waals surface area (Å²) in [5, 5.41) is 0.